The van der Waals surface area contributed by atoms with Crippen LogP contribution < -0.4 is 5.32 Å². The zero-order valence-corrected chi connectivity index (χ0v) is 14.1. The average molecular weight is 355 g/mol. The summed E-state index contributed by atoms with van der Waals surface area (Å²) in [6, 6.07) is 3.29. The van der Waals surface area contributed by atoms with Gasteiger partial charge in [-0.2, -0.15) is 13.2 Å². The Balaban J connectivity index is 0.00000264. The summed E-state index contributed by atoms with van der Waals surface area (Å²) in [6.45, 7) is 7.46. The lowest BCUT2D eigenvalue weighted by Gasteiger charge is -2.36. The van der Waals surface area contributed by atoms with Gasteiger partial charge in [0.25, 0.3) is 0 Å². The van der Waals surface area contributed by atoms with Crippen LogP contribution in [0.4, 0.5) is 17.6 Å². The SMILES string of the molecule is CC(C)C[C@@H](c1ccc(C(F)(F)F)c(F)c1)N1CCNCC1.Cl. The molecule has 1 heterocycles. The summed E-state index contributed by atoms with van der Waals surface area (Å²) in [6.07, 6.45) is -3.85. The highest BCUT2D eigenvalue weighted by Gasteiger charge is 2.34. The molecule has 0 radical (unpaired) electrons. The van der Waals surface area contributed by atoms with Gasteiger partial charge in [0.05, 0.1) is 5.56 Å². The first kappa shape index (κ1) is 20.2. The molecule has 23 heavy (non-hydrogen) atoms. The summed E-state index contributed by atoms with van der Waals surface area (Å²) in [5.74, 6) is -0.806. The number of nitrogens with zero attached hydrogens (tertiary/aromatic N) is 1. The third-order valence-corrected chi connectivity index (χ3v) is 3.97. The fraction of sp³-hybridized carbons (Fsp3) is 0.625. The number of hydrogen-bond donors (Lipinski definition) is 1. The second-order valence-corrected chi connectivity index (χ2v) is 6.17. The standard InChI is InChI=1S/C16H22F4N2.ClH/c1-11(2)9-15(22-7-5-21-6-8-22)12-3-4-13(14(17)10-12)16(18,19)20;/h3-4,10-11,15,21H,5-9H2,1-2H3;1H/t15-;/m0./s1. The third-order valence-electron chi connectivity index (χ3n) is 3.97. The molecule has 2 nitrogen and oxygen atoms in total. The van der Waals surface area contributed by atoms with Crippen LogP contribution in [0, 0.1) is 11.7 Å². The van der Waals surface area contributed by atoms with Crippen LogP contribution in [-0.4, -0.2) is 31.1 Å². The van der Waals surface area contributed by atoms with Crippen molar-refractivity contribution in [1.82, 2.24) is 10.2 Å². The van der Waals surface area contributed by atoms with E-state index in [0.717, 1.165) is 44.7 Å². The van der Waals surface area contributed by atoms with E-state index in [1.165, 1.54) is 6.07 Å². The number of piperazine rings is 1. The van der Waals surface area contributed by atoms with E-state index in [1.807, 2.05) is 0 Å². The highest BCUT2D eigenvalue weighted by molar-refractivity contribution is 5.85. The van der Waals surface area contributed by atoms with Gasteiger partial charge >= 0.3 is 6.18 Å². The molecule has 1 atom stereocenters. The molecule has 0 aromatic heterocycles. The summed E-state index contributed by atoms with van der Waals surface area (Å²) in [5, 5.41) is 3.25. The van der Waals surface area contributed by atoms with Crippen molar-refractivity contribution in [3.05, 3.63) is 35.1 Å². The normalized spacial score (nSPS) is 17.9. The second-order valence-electron chi connectivity index (χ2n) is 6.17. The molecular weight excluding hydrogens is 332 g/mol. The van der Waals surface area contributed by atoms with Gasteiger partial charge in [-0.15, -0.1) is 12.4 Å². The Kier molecular flexibility index (Phi) is 7.29. The molecule has 1 saturated heterocycles. The molecule has 0 saturated carbocycles. The Bertz CT molecular complexity index is 499. The lowest BCUT2D eigenvalue weighted by molar-refractivity contribution is -0.140. The molecule has 0 aliphatic carbocycles. The van der Waals surface area contributed by atoms with E-state index < -0.39 is 17.6 Å². The summed E-state index contributed by atoms with van der Waals surface area (Å²) < 4.78 is 51.9. The van der Waals surface area contributed by atoms with Crippen molar-refractivity contribution < 1.29 is 17.6 Å². The summed E-state index contributed by atoms with van der Waals surface area (Å²) in [7, 11) is 0. The lowest BCUT2D eigenvalue weighted by atomic mass is 9.94. The topological polar surface area (TPSA) is 15.3 Å². The highest BCUT2D eigenvalue weighted by atomic mass is 35.5. The maximum atomic E-state index is 13.9. The minimum Gasteiger partial charge on any atom is -0.314 e. The van der Waals surface area contributed by atoms with Gasteiger partial charge in [-0.3, -0.25) is 4.90 Å². The molecule has 1 aromatic carbocycles. The van der Waals surface area contributed by atoms with Crippen LogP contribution in [0.15, 0.2) is 18.2 Å². The van der Waals surface area contributed by atoms with Crippen LogP contribution in [0.25, 0.3) is 0 Å². The molecule has 1 fully saturated rings. The van der Waals surface area contributed by atoms with E-state index >= 15 is 0 Å². The van der Waals surface area contributed by atoms with Crippen LogP contribution >= 0.6 is 12.4 Å². The predicted octanol–water partition coefficient (Wildman–Crippen LogP) is 4.26. The van der Waals surface area contributed by atoms with E-state index in [-0.39, 0.29) is 18.4 Å². The van der Waals surface area contributed by atoms with Crippen LogP contribution in [0.5, 0.6) is 0 Å². The fourth-order valence-electron chi connectivity index (χ4n) is 2.90. The van der Waals surface area contributed by atoms with Gasteiger partial charge in [0.1, 0.15) is 5.82 Å². The quantitative estimate of drug-likeness (QED) is 0.813. The Morgan fingerprint density at radius 1 is 1.17 bits per heavy atom. The molecule has 0 unspecified atom stereocenters. The molecule has 1 aliphatic rings. The van der Waals surface area contributed by atoms with Crippen LogP contribution in [0.1, 0.15) is 37.4 Å². The molecule has 0 spiro atoms. The Hall–Kier alpha value is -0.850. The zero-order chi connectivity index (χ0) is 16.3. The van der Waals surface area contributed by atoms with Crippen molar-refractivity contribution in [1.29, 1.82) is 0 Å². The number of halogens is 5. The van der Waals surface area contributed by atoms with E-state index in [1.54, 1.807) is 0 Å². The number of hydrogen-bond acceptors (Lipinski definition) is 2. The predicted molar refractivity (Wildman–Crippen MR) is 85.3 cm³/mol. The van der Waals surface area contributed by atoms with Crippen molar-refractivity contribution in [3.63, 3.8) is 0 Å². The first-order valence-corrected chi connectivity index (χ1v) is 7.60. The van der Waals surface area contributed by atoms with Gasteiger partial charge < -0.3 is 5.32 Å². The van der Waals surface area contributed by atoms with E-state index in [9.17, 15) is 17.6 Å². The third kappa shape index (κ3) is 5.33. The second kappa shape index (κ2) is 8.31. The minimum absolute atomic E-state index is 0. The zero-order valence-electron chi connectivity index (χ0n) is 13.3. The van der Waals surface area contributed by atoms with E-state index in [4.69, 9.17) is 0 Å². The van der Waals surface area contributed by atoms with Crippen molar-refractivity contribution in [3.8, 4) is 0 Å². The number of benzene rings is 1. The van der Waals surface area contributed by atoms with Gasteiger partial charge in [0, 0.05) is 32.2 Å². The molecule has 1 N–H and O–H groups in total. The minimum atomic E-state index is -4.65. The lowest BCUT2D eigenvalue weighted by Crippen LogP contribution is -2.45. The van der Waals surface area contributed by atoms with Crippen molar-refractivity contribution in [2.45, 2.75) is 32.5 Å². The van der Waals surface area contributed by atoms with Gasteiger partial charge in [-0.05, 0) is 30.0 Å². The maximum absolute atomic E-state index is 13.9. The van der Waals surface area contributed by atoms with E-state index in [2.05, 4.69) is 24.1 Å². The maximum Gasteiger partial charge on any atom is 0.419 e. The Morgan fingerprint density at radius 2 is 1.78 bits per heavy atom. The van der Waals surface area contributed by atoms with Gasteiger partial charge in [-0.25, -0.2) is 4.39 Å². The molecule has 132 valence electrons. The summed E-state index contributed by atoms with van der Waals surface area (Å²) in [4.78, 5) is 2.22. The molecule has 0 amide bonds. The highest BCUT2D eigenvalue weighted by Crippen LogP contribution is 2.34. The van der Waals surface area contributed by atoms with Gasteiger partial charge in [-0.1, -0.05) is 19.9 Å². The smallest absolute Gasteiger partial charge is 0.314 e. The number of nitrogens with one attached hydrogen (secondary N) is 1. The molecular formula is C16H23ClF4N2. The number of rotatable bonds is 4. The Labute approximate surface area is 140 Å². The average Bonchev–Trinajstić information content (AvgIpc) is 2.44. The summed E-state index contributed by atoms with van der Waals surface area (Å²) >= 11 is 0. The van der Waals surface area contributed by atoms with Crippen LogP contribution in [0.2, 0.25) is 0 Å². The fourth-order valence-corrected chi connectivity index (χ4v) is 2.90. The van der Waals surface area contributed by atoms with Gasteiger partial charge in [0.15, 0.2) is 0 Å². The first-order valence-electron chi connectivity index (χ1n) is 7.60. The van der Waals surface area contributed by atoms with Crippen LogP contribution in [0.3, 0.4) is 0 Å². The molecule has 7 heteroatoms. The van der Waals surface area contributed by atoms with Crippen LogP contribution in [-0.2, 0) is 6.18 Å². The van der Waals surface area contributed by atoms with Crippen molar-refractivity contribution in [2.24, 2.45) is 5.92 Å². The largest absolute Gasteiger partial charge is 0.419 e. The number of alkyl halides is 3. The monoisotopic (exact) mass is 354 g/mol. The first-order chi connectivity index (χ1) is 10.3. The molecule has 0 bridgehead atoms. The van der Waals surface area contributed by atoms with Crippen molar-refractivity contribution in [2.75, 3.05) is 26.2 Å². The van der Waals surface area contributed by atoms with Crippen molar-refractivity contribution >= 4 is 12.4 Å². The molecule has 1 aromatic rings. The van der Waals surface area contributed by atoms with E-state index in [0.29, 0.717) is 11.5 Å². The Morgan fingerprint density at radius 3 is 2.26 bits per heavy atom. The molecule has 2 rings (SSSR count). The van der Waals surface area contributed by atoms with Gasteiger partial charge in [0.2, 0.25) is 0 Å². The molecule has 1 aliphatic heterocycles. The summed E-state index contributed by atoms with van der Waals surface area (Å²) in [5.41, 5.74) is -0.569.